The molecule has 0 aromatic heterocycles. The minimum Gasteiger partial charge on any atom is -0.508 e. The molecule has 1 aliphatic rings. The van der Waals surface area contributed by atoms with Gasteiger partial charge in [0.1, 0.15) is 5.75 Å². The number of aromatic hydroxyl groups is 1. The number of benzene rings is 1. The minimum atomic E-state index is 0.254. The van der Waals surface area contributed by atoms with Gasteiger partial charge in [-0.2, -0.15) is 0 Å². The third kappa shape index (κ3) is 1.16. The van der Waals surface area contributed by atoms with E-state index in [4.69, 9.17) is 0 Å². The Morgan fingerprint density at radius 3 is 3.17 bits per heavy atom. The van der Waals surface area contributed by atoms with E-state index in [2.05, 4.69) is 10.3 Å². The zero-order chi connectivity index (χ0) is 8.39. The van der Waals surface area contributed by atoms with Crippen molar-refractivity contribution in [3.63, 3.8) is 0 Å². The van der Waals surface area contributed by atoms with E-state index in [-0.39, 0.29) is 5.75 Å². The molecule has 2 rings (SSSR count). The topological polar surface area (TPSA) is 44.6 Å². The van der Waals surface area contributed by atoms with Crippen LogP contribution in [0.4, 0.5) is 5.69 Å². The van der Waals surface area contributed by atoms with E-state index in [1.54, 1.807) is 30.7 Å². The highest BCUT2D eigenvalue weighted by Crippen LogP contribution is 2.20. The third-order valence-electron chi connectivity index (χ3n) is 1.65. The summed E-state index contributed by atoms with van der Waals surface area (Å²) in [5, 5.41) is 12.2. The first kappa shape index (κ1) is 6.91. The number of hydrogen-bond acceptors (Lipinski definition) is 3. The summed E-state index contributed by atoms with van der Waals surface area (Å²) in [6, 6.07) is 5.12. The maximum atomic E-state index is 9.17. The van der Waals surface area contributed by atoms with Crippen molar-refractivity contribution in [1.29, 1.82) is 0 Å². The Kier molecular flexibility index (Phi) is 1.55. The second kappa shape index (κ2) is 2.70. The van der Waals surface area contributed by atoms with E-state index >= 15 is 0 Å². The molecular formula is C9H8N2O. The first-order valence-electron chi connectivity index (χ1n) is 3.64. The molecule has 1 aromatic rings. The lowest BCUT2D eigenvalue weighted by Crippen LogP contribution is -1.90. The van der Waals surface area contributed by atoms with Gasteiger partial charge in [-0.1, -0.05) is 0 Å². The van der Waals surface area contributed by atoms with Gasteiger partial charge in [0, 0.05) is 29.9 Å². The standard InChI is InChI=1S/C9H8N2O/c12-8-1-2-9-7(5-8)6-10-3-4-11-9/h1-6,11-12H. The van der Waals surface area contributed by atoms with Crippen LogP contribution in [-0.4, -0.2) is 11.3 Å². The third-order valence-corrected chi connectivity index (χ3v) is 1.65. The smallest absolute Gasteiger partial charge is 0.116 e. The summed E-state index contributed by atoms with van der Waals surface area (Å²) in [6.45, 7) is 0. The summed E-state index contributed by atoms with van der Waals surface area (Å²) in [5.74, 6) is 0.254. The van der Waals surface area contributed by atoms with E-state index in [1.165, 1.54) is 0 Å². The largest absolute Gasteiger partial charge is 0.508 e. The number of phenolic OH excluding ortho intramolecular Hbond substituents is 1. The molecule has 1 aromatic carbocycles. The number of anilines is 1. The normalized spacial score (nSPS) is 13.3. The summed E-state index contributed by atoms with van der Waals surface area (Å²) < 4.78 is 0. The van der Waals surface area contributed by atoms with Crippen LogP contribution in [-0.2, 0) is 0 Å². The van der Waals surface area contributed by atoms with Crippen LogP contribution in [0, 0.1) is 0 Å². The van der Waals surface area contributed by atoms with Gasteiger partial charge in [0.2, 0.25) is 0 Å². The molecule has 1 aliphatic heterocycles. The summed E-state index contributed by atoms with van der Waals surface area (Å²) in [6.07, 6.45) is 5.11. The van der Waals surface area contributed by atoms with Gasteiger partial charge in [-0.25, -0.2) is 0 Å². The molecule has 0 amide bonds. The molecule has 3 heteroatoms. The summed E-state index contributed by atoms with van der Waals surface area (Å²) >= 11 is 0. The Hall–Kier alpha value is -1.77. The number of nitrogens with one attached hydrogen (secondary N) is 1. The quantitative estimate of drug-likeness (QED) is 0.567. The van der Waals surface area contributed by atoms with Crippen LogP contribution in [0.15, 0.2) is 35.6 Å². The number of hydrogen-bond donors (Lipinski definition) is 2. The fraction of sp³-hybridized carbons (Fsp3) is 0. The van der Waals surface area contributed by atoms with Gasteiger partial charge in [0.05, 0.1) is 0 Å². The minimum absolute atomic E-state index is 0.254. The molecule has 0 saturated carbocycles. The Bertz CT molecular complexity index is 356. The Labute approximate surface area is 70.1 Å². The van der Waals surface area contributed by atoms with Gasteiger partial charge in [0.25, 0.3) is 0 Å². The Morgan fingerprint density at radius 2 is 2.25 bits per heavy atom. The molecule has 0 unspecified atom stereocenters. The van der Waals surface area contributed by atoms with Crippen molar-refractivity contribution in [2.75, 3.05) is 5.32 Å². The van der Waals surface area contributed by atoms with Crippen molar-refractivity contribution >= 4 is 11.9 Å². The van der Waals surface area contributed by atoms with Crippen LogP contribution < -0.4 is 5.32 Å². The maximum Gasteiger partial charge on any atom is 0.116 e. The monoisotopic (exact) mass is 160 g/mol. The number of fused-ring (bicyclic) bond motifs is 1. The fourth-order valence-corrected chi connectivity index (χ4v) is 1.08. The highest BCUT2D eigenvalue weighted by molar-refractivity contribution is 5.89. The Morgan fingerprint density at radius 1 is 1.33 bits per heavy atom. The molecular weight excluding hydrogens is 152 g/mol. The molecule has 0 atom stereocenters. The van der Waals surface area contributed by atoms with Gasteiger partial charge in [-0.05, 0) is 18.2 Å². The molecule has 0 bridgehead atoms. The number of phenols is 1. The highest BCUT2D eigenvalue weighted by atomic mass is 16.3. The number of nitrogens with zero attached hydrogens (tertiary/aromatic N) is 1. The maximum absolute atomic E-state index is 9.17. The summed E-state index contributed by atoms with van der Waals surface area (Å²) in [5.41, 5.74) is 1.84. The zero-order valence-corrected chi connectivity index (χ0v) is 6.36. The predicted molar refractivity (Wildman–Crippen MR) is 48.5 cm³/mol. The highest BCUT2D eigenvalue weighted by Gasteiger charge is 2.00. The van der Waals surface area contributed by atoms with E-state index in [9.17, 15) is 5.11 Å². The second-order valence-corrected chi connectivity index (χ2v) is 2.51. The van der Waals surface area contributed by atoms with E-state index in [0.29, 0.717) is 0 Å². The number of rotatable bonds is 0. The molecule has 60 valence electrons. The van der Waals surface area contributed by atoms with Crippen LogP contribution in [0.3, 0.4) is 0 Å². The summed E-state index contributed by atoms with van der Waals surface area (Å²) in [7, 11) is 0. The predicted octanol–water partition coefficient (Wildman–Crippen LogP) is 1.71. The zero-order valence-electron chi connectivity index (χ0n) is 6.36. The van der Waals surface area contributed by atoms with E-state index < -0.39 is 0 Å². The first-order chi connectivity index (χ1) is 5.86. The molecule has 0 saturated heterocycles. The lowest BCUT2D eigenvalue weighted by Gasteiger charge is -2.03. The van der Waals surface area contributed by atoms with Crippen molar-refractivity contribution in [3.05, 3.63) is 36.2 Å². The van der Waals surface area contributed by atoms with Gasteiger partial charge in [-0.15, -0.1) is 0 Å². The van der Waals surface area contributed by atoms with Crippen molar-refractivity contribution in [1.82, 2.24) is 0 Å². The average Bonchev–Trinajstić information content (AvgIpc) is 2.28. The summed E-state index contributed by atoms with van der Waals surface area (Å²) in [4.78, 5) is 3.97. The molecule has 0 spiro atoms. The number of aliphatic imine (C=N–C) groups is 1. The van der Waals surface area contributed by atoms with Crippen molar-refractivity contribution in [3.8, 4) is 5.75 Å². The Balaban J connectivity index is 2.53. The van der Waals surface area contributed by atoms with Crippen LogP contribution in [0.5, 0.6) is 5.75 Å². The second-order valence-electron chi connectivity index (χ2n) is 2.51. The van der Waals surface area contributed by atoms with E-state index in [1.807, 2.05) is 6.07 Å². The van der Waals surface area contributed by atoms with Crippen molar-refractivity contribution < 1.29 is 5.11 Å². The molecule has 12 heavy (non-hydrogen) atoms. The van der Waals surface area contributed by atoms with Crippen LogP contribution in [0.2, 0.25) is 0 Å². The van der Waals surface area contributed by atoms with Crippen molar-refractivity contribution in [2.24, 2.45) is 4.99 Å². The fourth-order valence-electron chi connectivity index (χ4n) is 1.08. The molecule has 0 aliphatic carbocycles. The van der Waals surface area contributed by atoms with Crippen LogP contribution in [0.1, 0.15) is 5.56 Å². The molecule has 2 N–H and O–H groups in total. The molecule has 0 fully saturated rings. The first-order valence-corrected chi connectivity index (χ1v) is 3.64. The lowest BCUT2D eigenvalue weighted by atomic mass is 10.2. The molecule has 1 heterocycles. The van der Waals surface area contributed by atoms with Gasteiger partial charge >= 0.3 is 0 Å². The molecule has 0 radical (unpaired) electrons. The van der Waals surface area contributed by atoms with Gasteiger partial charge < -0.3 is 10.4 Å². The van der Waals surface area contributed by atoms with Gasteiger partial charge in [0.15, 0.2) is 0 Å². The van der Waals surface area contributed by atoms with Crippen LogP contribution >= 0.6 is 0 Å². The SMILES string of the molecule is Oc1ccc2c(c1)C=NC=CN2. The van der Waals surface area contributed by atoms with E-state index in [0.717, 1.165) is 11.3 Å². The van der Waals surface area contributed by atoms with Gasteiger partial charge in [-0.3, -0.25) is 4.99 Å². The van der Waals surface area contributed by atoms with Crippen LogP contribution in [0.25, 0.3) is 0 Å². The average molecular weight is 160 g/mol. The molecule has 3 nitrogen and oxygen atoms in total. The van der Waals surface area contributed by atoms with Crippen molar-refractivity contribution in [2.45, 2.75) is 0 Å². The lowest BCUT2D eigenvalue weighted by molar-refractivity contribution is 0.475.